The number of nitrogens with zero attached hydrogens (tertiary/aromatic N) is 1. The third-order valence-electron chi connectivity index (χ3n) is 4.58. The van der Waals surface area contributed by atoms with Crippen molar-refractivity contribution in [3.8, 4) is 0 Å². The van der Waals surface area contributed by atoms with Gasteiger partial charge in [0, 0.05) is 24.8 Å². The van der Waals surface area contributed by atoms with Crippen molar-refractivity contribution >= 4 is 11.9 Å². The average Bonchev–Trinajstić information content (AvgIpc) is 3.32. The highest BCUT2D eigenvalue weighted by Crippen LogP contribution is 2.35. The molecule has 0 aromatic carbocycles. The van der Waals surface area contributed by atoms with Crippen molar-refractivity contribution in [1.82, 2.24) is 15.6 Å². The molecule has 2 heterocycles. The van der Waals surface area contributed by atoms with E-state index in [0.717, 1.165) is 23.8 Å². The Labute approximate surface area is 127 Å². The summed E-state index contributed by atoms with van der Waals surface area (Å²) in [5, 5.41) is 11.1. The molecule has 2 aliphatic rings. The van der Waals surface area contributed by atoms with Crippen molar-refractivity contribution < 1.29 is 0 Å². The van der Waals surface area contributed by atoms with E-state index in [9.17, 15) is 0 Å². The van der Waals surface area contributed by atoms with Crippen LogP contribution in [-0.2, 0) is 0 Å². The van der Waals surface area contributed by atoms with Gasteiger partial charge < -0.3 is 10.6 Å². The van der Waals surface area contributed by atoms with Crippen molar-refractivity contribution in [3.05, 3.63) is 30.5 Å². The minimum Gasteiger partial charge on any atom is -0.353 e. The second kappa shape index (κ2) is 6.16. The Morgan fingerprint density at radius 3 is 2.90 bits per heavy atom. The molecule has 1 aromatic rings. The van der Waals surface area contributed by atoms with Gasteiger partial charge in [-0.05, 0) is 42.4 Å². The maximum Gasteiger partial charge on any atom is 0.127 e. The summed E-state index contributed by atoms with van der Waals surface area (Å²) in [4.78, 5) is 4.44. The van der Waals surface area contributed by atoms with E-state index in [1.807, 2.05) is 18.3 Å². The van der Waals surface area contributed by atoms with E-state index >= 15 is 0 Å². The minimum absolute atomic E-state index is 0.242. The van der Waals surface area contributed by atoms with Crippen LogP contribution in [0.3, 0.4) is 0 Å². The van der Waals surface area contributed by atoms with Crippen molar-refractivity contribution in [2.75, 3.05) is 11.9 Å². The maximum atomic E-state index is 4.44. The smallest absolute Gasteiger partial charge is 0.127 e. The molecular formula is C17H26N4. The summed E-state index contributed by atoms with van der Waals surface area (Å²) in [6.07, 6.45) is 6.61. The third-order valence-corrected chi connectivity index (χ3v) is 4.58. The molecule has 4 nitrogen and oxygen atoms in total. The molecule has 1 saturated carbocycles. The topological polar surface area (TPSA) is 49.0 Å². The molecule has 2 fully saturated rings. The zero-order valence-corrected chi connectivity index (χ0v) is 13.0. The Balaban J connectivity index is 1.73. The van der Waals surface area contributed by atoms with E-state index in [1.54, 1.807) is 0 Å². The Morgan fingerprint density at radius 2 is 2.24 bits per heavy atom. The first-order valence-electron chi connectivity index (χ1n) is 8.02. The van der Waals surface area contributed by atoms with Crippen molar-refractivity contribution in [1.29, 1.82) is 0 Å². The van der Waals surface area contributed by atoms with Gasteiger partial charge >= 0.3 is 0 Å². The molecule has 1 aliphatic carbocycles. The van der Waals surface area contributed by atoms with Gasteiger partial charge in [0.2, 0.25) is 0 Å². The fourth-order valence-electron chi connectivity index (χ4n) is 3.04. The van der Waals surface area contributed by atoms with Crippen LogP contribution in [0, 0.1) is 11.8 Å². The van der Waals surface area contributed by atoms with E-state index in [-0.39, 0.29) is 6.17 Å². The lowest BCUT2D eigenvalue weighted by Gasteiger charge is -2.41. The quantitative estimate of drug-likeness (QED) is 0.778. The maximum absolute atomic E-state index is 4.44. The SMILES string of the molecule is C=Cc1ccnc(NC2NC(C(C)C)CNC2C2CC2)c1. The Morgan fingerprint density at radius 1 is 1.43 bits per heavy atom. The molecule has 3 unspecified atom stereocenters. The molecule has 4 heteroatoms. The number of rotatable bonds is 5. The van der Waals surface area contributed by atoms with Gasteiger partial charge in [-0.2, -0.15) is 0 Å². The Kier molecular flexibility index (Phi) is 4.27. The number of pyridine rings is 1. The minimum atomic E-state index is 0.242. The van der Waals surface area contributed by atoms with Crippen LogP contribution < -0.4 is 16.0 Å². The molecule has 1 aliphatic heterocycles. The molecule has 1 saturated heterocycles. The summed E-state index contributed by atoms with van der Waals surface area (Å²) in [5.74, 6) is 2.34. The van der Waals surface area contributed by atoms with Gasteiger partial charge in [-0.3, -0.25) is 5.32 Å². The number of nitrogens with one attached hydrogen (secondary N) is 3. The largest absolute Gasteiger partial charge is 0.353 e. The fraction of sp³-hybridized carbons (Fsp3) is 0.588. The molecule has 0 amide bonds. The highest BCUT2D eigenvalue weighted by atomic mass is 15.3. The summed E-state index contributed by atoms with van der Waals surface area (Å²) in [6.45, 7) is 9.41. The standard InChI is InChI=1S/C17H26N4/c1-4-12-7-8-18-15(9-12)21-17-16(13-5-6-13)19-10-14(20-17)11(2)3/h4,7-9,11,13-14,16-17,19-20H,1,5-6,10H2,2-3H3,(H,18,21). The first kappa shape index (κ1) is 14.5. The molecule has 1 aromatic heterocycles. The van der Waals surface area contributed by atoms with Crippen LogP contribution in [0.2, 0.25) is 0 Å². The zero-order chi connectivity index (χ0) is 14.8. The van der Waals surface area contributed by atoms with Crippen LogP contribution in [0.5, 0.6) is 0 Å². The van der Waals surface area contributed by atoms with Gasteiger partial charge in [-0.15, -0.1) is 0 Å². The number of anilines is 1. The summed E-state index contributed by atoms with van der Waals surface area (Å²) in [6, 6.07) is 5.02. The molecule has 0 spiro atoms. The molecule has 0 bridgehead atoms. The molecule has 21 heavy (non-hydrogen) atoms. The van der Waals surface area contributed by atoms with Crippen LogP contribution in [0.25, 0.3) is 6.08 Å². The number of aromatic nitrogens is 1. The molecule has 3 N–H and O–H groups in total. The van der Waals surface area contributed by atoms with Gasteiger partial charge in [0.15, 0.2) is 0 Å². The van der Waals surface area contributed by atoms with Crippen molar-refractivity contribution in [3.63, 3.8) is 0 Å². The Hall–Kier alpha value is -1.39. The first-order valence-corrected chi connectivity index (χ1v) is 8.02. The van der Waals surface area contributed by atoms with Gasteiger partial charge in [0.1, 0.15) is 5.82 Å². The number of hydrogen-bond donors (Lipinski definition) is 3. The first-order chi connectivity index (χ1) is 10.2. The summed E-state index contributed by atoms with van der Waals surface area (Å²) in [7, 11) is 0. The normalized spacial score (nSPS) is 29.4. The van der Waals surface area contributed by atoms with Crippen LogP contribution in [0.1, 0.15) is 32.3 Å². The molecular weight excluding hydrogens is 260 g/mol. The van der Waals surface area contributed by atoms with Crippen molar-refractivity contribution in [2.24, 2.45) is 11.8 Å². The highest BCUT2D eigenvalue weighted by molar-refractivity contribution is 5.52. The van der Waals surface area contributed by atoms with E-state index < -0.39 is 0 Å². The summed E-state index contributed by atoms with van der Waals surface area (Å²) < 4.78 is 0. The fourth-order valence-corrected chi connectivity index (χ4v) is 3.04. The van der Waals surface area contributed by atoms with E-state index in [2.05, 4.69) is 47.4 Å². The van der Waals surface area contributed by atoms with Gasteiger partial charge in [0.05, 0.1) is 6.17 Å². The monoisotopic (exact) mass is 286 g/mol. The molecule has 3 rings (SSSR count). The lowest BCUT2D eigenvalue weighted by Crippen LogP contribution is -2.65. The predicted octanol–water partition coefficient (Wildman–Crippen LogP) is 2.46. The lowest BCUT2D eigenvalue weighted by atomic mass is 9.97. The summed E-state index contributed by atoms with van der Waals surface area (Å²) >= 11 is 0. The average molecular weight is 286 g/mol. The number of hydrogen-bond acceptors (Lipinski definition) is 4. The van der Waals surface area contributed by atoms with Crippen LogP contribution in [0.15, 0.2) is 24.9 Å². The van der Waals surface area contributed by atoms with E-state index in [1.165, 1.54) is 12.8 Å². The van der Waals surface area contributed by atoms with E-state index in [0.29, 0.717) is 18.0 Å². The second-order valence-electron chi connectivity index (χ2n) is 6.59. The van der Waals surface area contributed by atoms with Gasteiger partial charge in [-0.1, -0.05) is 26.5 Å². The zero-order valence-electron chi connectivity index (χ0n) is 13.0. The second-order valence-corrected chi connectivity index (χ2v) is 6.59. The third kappa shape index (κ3) is 3.44. The summed E-state index contributed by atoms with van der Waals surface area (Å²) in [5.41, 5.74) is 1.10. The van der Waals surface area contributed by atoms with Crippen molar-refractivity contribution in [2.45, 2.75) is 44.9 Å². The van der Waals surface area contributed by atoms with Crippen LogP contribution in [0.4, 0.5) is 5.82 Å². The van der Waals surface area contributed by atoms with Crippen LogP contribution >= 0.6 is 0 Å². The molecule has 3 atom stereocenters. The Bertz CT molecular complexity index is 495. The van der Waals surface area contributed by atoms with Gasteiger partial charge in [-0.25, -0.2) is 4.98 Å². The highest BCUT2D eigenvalue weighted by Gasteiger charge is 2.40. The van der Waals surface area contributed by atoms with E-state index in [4.69, 9.17) is 0 Å². The lowest BCUT2D eigenvalue weighted by molar-refractivity contribution is 0.230. The number of piperazine rings is 1. The van der Waals surface area contributed by atoms with Gasteiger partial charge in [0.25, 0.3) is 0 Å². The molecule has 0 radical (unpaired) electrons. The van der Waals surface area contributed by atoms with Crippen LogP contribution in [-0.4, -0.2) is 29.8 Å². The predicted molar refractivity (Wildman–Crippen MR) is 88.0 cm³/mol. The molecule has 114 valence electrons.